The van der Waals surface area contributed by atoms with E-state index in [9.17, 15) is 13.2 Å². The van der Waals surface area contributed by atoms with Gasteiger partial charge in [0.05, 0.1) is 17.4 Å². The third-order valence-electron chi connectivity index (χ3n) is 4.27. The van der Waals surface area contributed by atoms with Crippen molar-refractivity contribution in [3.8, 4) is 0 Å². The van der Waals surface area contributed by atoms with Crippen LogP contribution in [0.3, 0.4) is 0 Å². The molecule has 0 aliphatic heterocycles. The van der Waals surface area contributed by atoms with Crippen LogP contribution in [0.15, 0.2) is 12.4 Å². The molecule has 25 heavy (non-hydrogen) atoms. The van der Waals surface area contributed by atoms with E-state index in [1.807, 2.05) is 29.6 Å². The SMILES string of the molecule is CNc1nc(Nc2cn(C3CC(SC)C3)nc2C)ncc1C(F)(F)F. The van der Waals surface area contributed by atoms with Crippen LogP contribution in [0.1, 0.15) is 30.1 Å². The molecule has 0 saturated heterocycles. The van der Waals surface area contributed by atoms with Crippen molar-refractivity contribution in [2.45, 2.75) is 37.2 Å². The van der Waals surface area contributed by atoms with Gasteiger partial charge in [-0.15, -0.1) is 0 Å². The normalized spacial score (nSPS) is 20.2. The molecule has 0 bridgehead atoms. The fourth-order valence-corrected chi connectivity index (χ4v) is 3.53. The molecule has 1 aliphatic rings. The summed E-state index contributed by atoms with van der Waals surface area (Å²) in [6.07, 6.45) is 2.37. The van der Waals surface area contributed by atoms with E-state index in [1.54, 1.807) is 0 Å². The lowest BCUT2D eigenvalue weighted by Crippen LogP contribution is -2.28. The van der Waals surface area contributed by atoms with Gasteiger partial charge in [0.2, 0.25) is 5.95 Å². The van der Waals surface area contributed by atoms with Crippen molar-refractivity contribution >= 4 is 29.2 Å². The van der Waals surface area contributed by atoms with Gasteiger partial charge in [0.1, 0.15) is 11.4 Å². The largest absolute Gasteiger partial charge is 0.421 e. The monoisotopic (exact) mass is 372 g/mol. The molecule has 6 nitrogen and oxygen atoms in total. The number of thioether (sulfide) groups is 1. The van der Waals surface area contributed by atoms with Crippen molar-refractivity contribution in [3.05, 3.63) is 23.7 Å². The van der Waals surface area contributed by atoms with Crippen molar-refractivity contribution < 1.29 is 13.2 Å². The molecule has 3 rings (SSSR count). The summed E-state index contributed by atoms with van der Waals surface area (Å²) in [7, 11) is 1.39. The lowest BCUT2D eigenvalue weighted by molar-refractivity contribution is -0.137. The number of nitrogens with zero attached hydrogens (tertiary/aromatic N) is 4. The Bertz CT molecular complexity index is 754. The van der Waals surface area contributed by atoms with Gasteiger partial charge in [0.25, 0.3) is 0 Å². The summed E-state index contributed by atoms with van der Waals surface area (Å²) in [5, 5.41) is 10.6. The van der Waals surface area contributed by atoms with Crippen LogP contribution in [0.5, 0.6) is 0 Å². The maximum absolute atomic E-state index is 12.9. The van der Waals surface area contributed by atoms with Crippen molar-refractivity contribution in [1.29, 1.82) is 0 Å². The number of alkyl halides is 3. The van der Waals surface area contributed by atoms with Crippen LogP contribution in [0, 0.1) is 6.92 Å². The van der Waals surface area contributed by atoms with Gasteiger partial charge >= 0.3 is 6.18 Å². The molecule has 136 valence electrons. The van der Waals surface area contributed by atoms with Crippen molar-refractivity contribution in [1.82, 2.24) is 19.7 Å². The number of nitrogens with one attached hydrogen (secondary N) is 2. The van der Waals surface area contributed by atoms with E-state index >= 15 is 0 Å². The molecule has 0 unspecified atom stereocenters. The maximum atomic E-state index is 12.9. The predicted octanol–water partition coefficient (Wildman–Crippen LogP) is 3.85. The van der Waals surface area contributed by atoms with Gasteiger partial charge in [-0.25, -0.2) is 4.98 Å². The molecule has 2 aromatic heterocycles. The van der Waals surface area contributed by atoms with E-state index < -0.39 is 11.7 Å². The molecule has 0 amide bonds. The summed E-state index contributed by atoms with van der Waals surface area (Å²) in [4.78, 5) is 7.70. The van der Waals surface area contributed by atoms with E-state index in [-0.39, 0.29) is 11.8 Å². The van der Waals surface area contributed by atoms with Crippen molar-refractivity contribution in [2.24, 2.45) is 0 Å². The predicted molar refractivity (Wildman–Crippen MR) is 92.4 cm³/mol. The fourth-order valence-electron chi connectivity index (χ4n) is 2.70. The Morgan fingerprint density at radius 3 is 2.64 bits per heavy atom. The van der Waals surface area contributed by atoms with Gasteiger partial charge in [0, 0.05) is 24.7 Å². The van der Waals surface area contributed by atoms with Crippen molar-refractivity contribution in [3.63, 3.8) is 0 Å². The maximum Gasteiger partial charge on any atom is 0.421 e. The van der Waals surface area contributed by atoms with Crippen LogP contribution in [0.2, 0.25) is 0 Å². The molecule has 0 spiro atoms. The van der Waals surface area contributed by atoms with E-state index in [0.29, 0.717) is 17.0 Å². The number of aromatic nitrogens is 4. The number of hydrogen-bond donors (Lipinski definition) is 2. The van der Waals surface area contributed by atoms with Crippen LogP contribution >= 0.6 is 11.8 Å². The quantitative estimate of drug-likeness (QED) is 0.831. The highest BCUT2D eigenvalue weighted by atomic mass is 32.2. The lowest BCUT2D eigenvalue weighted by atomic mass is 9.92. The smallest absolute Gasteiger partial charge is 0.372 e. The Hall–Kier alpha value is -1.97. The summed E-state index contributed by atoms with van der Waals surface area (Å²) < 4.78 is 40.6. The third-order valence-corrected chi connectivity index (χ3v) is 5.32. The fraction of sp³-hybridized carbons (Fsp3) is 0.533. The zero-order valence-corrected chi connectivity index (χ0v) is 14.9. The second kappa shape index (κ2) is 6.74. The van der Waals surface area contributed by atoms with E-state index in [1.165, 1.54) is 7.05 Å². The Balaban J connectivity index is 1.78. The first kappa shape index (κ1) is 17.8. The first-order valence-electron chi connectivity index (χ1n) is 7.79. The second-order valence-electron chi connectivity index (χ2n) is 5.92. The van der Waals surface area contributed by atoms with Gasteiger partial charge in [-0.05, 0) is 26.0 Å². The Morgan fingerprint density at radius 1 is 1.32 bits per heavy atom. The Morgan fingerprint density at radius 2 is 2.04 bits per heavy atom. The summed E-state index contributed by atoms with van der Waals surface area (Å²) in [6.45, 7) is 1.84. The van der Waals surface area contributed by atoms with Gasteiger partial charge in [-0.3, -0.25) is 4.68 Å². The van der Waals surface area contributed by atoms with Crippen molar-refractivity contribution in [2.75, 3.05) is 23.9 Å². The van der Waals surface area contributed by atoms with E-state index in [0.717, 1.165) is 24.7 Å². The first-order chi connectivity index (χ1) is 11.8. The molecule has 2 heterocycles. The first-order valence-corrected chi connectivity index (χ1v) is 9.08. The molecule has 0 aromatic carbocycles. The highest BCUT2D eigenvalue weighted by molar-refractivity contribution is 7.99. The van der Waals surface area contributed by atoms with Crippen LogP contribution < -0.4 is 10.6 Å². The molecule has 1 saturated carbocycles. The van der Waals surface area contributed by atoms with E-state index in [4.69, 9.17) is 0 Å². The highest BCUT2D eigenvalue weighted by Gasteiger charge is 2.35. The minimum atomic E-state index is -4.50. The summed E-state index contributed by atoms with van der Waals surface area (Å²) in [6, 6.07) is 0.369. The average molecular weight is 372 g/mol. The number of rotatable bonds is 5. The topological polar surface area (TPSA) is 67.7 Å². The molecule has 10 heteroatoms. The zero-order valence-electron chi connectivity index (χ0n) is 14.1. The van der Waals surface area contributed by atoms with Gasteiger partial charge in [-0.1, -0.05) is 0 Å². The molecule has 1 fully saturated rings. The average Bonchev–Trinajstić information content (AvgIpc) is 2.85. The summed E-state index contributed by atoms with van der Waals surface area (Å²) >= 11 is 1.86. The van der Waals surface area contributed by atoms with E-state index in [2.05, 4.69) is 32.0 Å². The summed E-state index contributed by atoms with van der Waals surface area (Å²) in [5.41, 5.74) is 0.544. The Labute approximate surface area is 147 Å². The minimum Gasteiger partial charge on any atom is -0.372 e. The highest BCUT2D eigenvalue weighted by Crippen LogP contribution is 2.39. The number of anilines is 3. The molecule has 2 aromatic rings. The molecular weight excluding hydrogens is 353 g/mol. The molecule has 0 atom stereocenters. The number of aryl methyl sites for hydroxylation is 1. The second-order valence-corrected chi connectivity index (χ2v) is 7.06. The van der Waals surface area contributed by atoms with Gasteiger partial charge in [0.15, 0.2) is 0 Å². The molecular formula is C15H19F3N6S. The lowest BCUT2D eigenvalue weighted by Gasteiger charge is -2.34. The zero-order chi connectivity index (χ0) is 18.2. The molecule has 2 N–H and O–H groups in total. The van der Waals surface area contributed by atoms with Crippen LogP contribution in [0.4, 0.5) is 30.6 Å². The third kappa shape index (κ3) is 3.68. The van der Waals surface area contributed by atoms with Crippen LogP contribution in [-0.4, -0.2) is 38.3 Å². The minimum absolute atomic E-state index is 0.0931. The van der Waals surface area contributed by atoms with Gasteiger partial charge in [-0.2, -0.15) is 35.0 Å². The Kier molecular flexibility index (Phi) is 4.81. The molecule has 0 radical (unpaired) electrons. The summed E-state index contributed by atoms with van der Waals surface area (Å²) in [5.74, 6) is -0.174. The van der Waals surface area contributed by atoms with Gasteiger partial charge < -0.3 is 10.6 Å². The number of hydrogen-bond acceptors (Lipinski definition) is 6. The number of halogens is 3. The standard InChI is InChI=1S/C15H19F3N6S/c1-8-12(7-24(23-8)9-4-10(5-9)25-3)21-14-20-6-11(15(16,17)18)13(19-2)22-14/h6-7,9-10H,4-5H2,1-3H3,(H2,19,20,21,22). The molecule has 1 aliphatic carbocycles. The van der Waals surface area contributed by atoms with Crippen LogP contribution in [-0.2, 0) is 6.18 Å². The van der Waals surface area contributed by atoms with Crippen LogP contribution in [0.25, 0.3) is 0 Å².